The lowest BCUT2D eigenvalue weighted by Crippen LogP contribution is -2.28. The Balaban J connectivity index is 1.67. The normalized spacial score (nSPS) is 46.0. The van der Waals surface area contributed by atoms with Gasteiger partial charge in [0.2, 0.25) is 0 Å². The van der Waals surface area contributed by atoms with Crippen LogP contribution in [-0.4, -0.2) is 18.9 Å². The number of hydrogen-bond acceptors (Lipinski definition) is 2. The van der Waals surface area contributed by atoms with Crippen molar-refractivity contribution in [3.05, 3.63) is 0 Å². The molecule has 4 unspecified atom stereocenters. The molecule has 2 aliphatic carbocycles. The van der Waals surface area contributed by atoms with Gasteiger partial charge in [-0.2, -0.15) is 0 Å². The number of rotatable bonds is 2. The first kappa shape index (κ1) is 8.90. The van der Waals surface area contributed by atoms with Gasteiger partial charge >= 0.3 is 0 Å². The Morgan fingerprint density at radius 3 is 2.64 bits per heavy atom. The zero-order valence-electron chi connectivity index (χ0n) is 8.67. The van der Waals surface area contributed by atoms with Crippen LogP contribution < -0.4 is 5.32 Å². The van der Waals surface area contributed by atoms with Crippen LogP contribution in [0.4, 0.5) is 0 Å². The van der Waals surface area contributed by atoms with Gasteiger partial charge in [-0.05, 0) is 44.1 Å². The van der Waals surface area contributed by atoms with Gasteiger partial charge in [0.1, 0.15) is 5.78 Å². The summed E-state index contributed by atoms with van der Waals surface area (Å²) in [4.78, 5) is 12.2. The van der Waals surface area contributed by atoms with Crippen molar-refractivity contribution >= 4 is 5.78 Å². The Morgan fingerprint density at radius 2 is 2.07 bits per heavy atom. The third-order valence-electron chi connectivity index (χ3n) is 4.57. The van der Waals surface area contributed by atoms with Crippen LogP contribution >= 0.6 is 0 Å². The summed E-state index contributed by atoms with van der Waals surface area (Å²) in [7, 11) is 0. The van der Waals surface area contributed by atoms with Crippen molar-refractivity contribution in [3.63, 3.8) is 0 Å². The van der Waals surface area contributed by atoms with E-state index in [4.69, 9.17) is 0 Å². The molecule has 2 nitrogen and oxygen atoms in total. The third kappa shape index (κ3) is 1.31. The van der Waals surface area contributed by atoms with Gasteiger partial charge in [0.25, 0.3) is 0 Å². The second-order valence-electron chi connectivity index (χ2n) is 5.37. The number of carbonyl (C=O) groups excluding carboxylic acids is 1. The van der Waals surface area contributed by atoms with Gasteiger partial charge in [-0.3, -0.25) is 4.79 Å². The molecule has 3 rings (SSSR count). The van der Waals surface area contributed by atoms with Gasteiger partial charge < -0.3 is 5.32 Å². The highest BCUT2D eigenvalue weighted by molar-refractivity contribution is 5.84. The highest BCUT2D eigenvalue weighted by atomic mass is 16.1. The quantitative estimate of drug-likeness (QED) is 0.721. The fraction of sp³-hybridized carbons (Fsp3) is 0.917. The number of carbonyl (C=O) groups is 1. The van der Waals surface area contributed by atoms with Crippen LogP contribution in [0.2, 0.25) is 0 Å². The minimum Gasteiger partial charge on any atom is -0.316 e. The Hall–Kier alpha value is -0.370. The molecule has 1 aliphatic heterocycles. The van der Waals surface area contributed by atoms with Gasteiger partial charge in [-0.15, -0.1) is 0 Å². The van der Waals surface area contributed by atoms with Gasteiger partial charge in [-0.1, -0.05) is 6.42 Å². The Kier molecular flexibility index (Phi) is 2.12. The van der Waals surface area contributed by atoms with Crippen LogP contribution in [-0.2, 0) is 4.79 Å². The molecule has 0 aromatic rings. The van der Waals surface area contributed by atoms with E-state index in [1.165, 1.54) is 25.7 Å². The van der Waals surface area contributed by atoms with E-state index in [9.17, 15) is 4.79 Å². The van der Waals surface area contributed by atoms with Crippen molar-refractivity contribution in [2.24, 2.45) is 23.7 Å². The predicted molar refractivity (Wildman–Crippen MR) is 54.9 cm³/mol. The molecule has 0 aromatic carbocycles. The molecule has 4 atom stereocenters. The lowest BCUT2D eigenvalue weighted by atomic mass is 9.81. The first-order valence-electron chi connectivity index (χ1n) is 6.09. The zero-order valence-corrected chi connectivity index (χ0v) is 8.67. The average Bonchev–Trinajstić information content (AvgIpc) is 2.93. The minimum absolute atomic E-state index is 0.361. The fourth-order valence-electron chi connectivity index (χ4n) is 3.79. The van der Waals surface area contributed by atoms with Crippen molar-refractivity contribution in [1.29, 1.82) is 0 Å². The second kappa shape index (κ2) is 3.34. The standard InChI is InChI=1S/C12H19NO/c14-12(10-3-4-13-7-10)11-6-8-1-2-9(11)5-8/h8-11,13H,1-7H2. The molecule has 0 spiro atoms. The average molecular weight is 193 g/mol. The molecule has 78 valence electrons. The van der Waals surface area contributed by atoms with E-state index >= 15 is 0 Å². The molecule has 0 amide bonds. The smallest absolute Gasteiger partial charge is 0.140 e. The van der Waals surface area contributed by atoms with Crippen LogP contribution in [0.1, 0.15) is 32.1 Å². The van der Waals surface area contributed by atoms with Gasteiger partial charge in [0.15, 0.2) is 0 Å². The first-order valence-corrected chi connectivity index (χ1v) is 6.09. The van der Waals surface area contributed by atoms with Gasteiger partial charge in [0.05, 0.1) is 0 Å². The first-order chi connectivity index (χ1) is 6.84. The molecule has 0 aromatic heterocycles. The van der Waals surface area contributed by atoms with E-state index in [1.807, 2.05) is 0 Å². The lowest BCUT2D eigenvalue weighted by Gasteiger charge is -2.22. The molecule has 1 N–H and O–H groups in total. The molecule has 1 saturated heterocycles. The van der Waals surface area contributed by atoms with Crippen molar-refractivity contribution in [2.75, 3.05) is 13.1 Å². The predicted octanol–water partition coefficient (Wildman–Crippen LogP) is 1.60. The molecular weight excluding hydrogens is 174 g/mol. The summed E-state index contributed by atoms with van der Waals surface area (Å²) in [5.74, 6) is 3.09. The number of fused-ring (bicyclic) bond motifs is 2. The van der Waals surface area contributed by atoms with Crippen LogP contribution in [0.15, 0.2) is 0 Å². The number of nitrogens with one attached hydrogen (secondary N) is 1. The Labute approximate surface area is 85.4 Å². The van der Waals surface area contributed by atoms with Crippen LogP contribution in [0, 0.1) is 23.7 Å². The summed E-state index contributed by atoms with van der Waals surface area (Å²) in [6.45, 7) is 2.00. The van der Waals surface area contributed by atoms with Crippen LogP contribution in [0.3, 0.4) is 0 Å². The summed E-state index contributed by atoms with van der Waals surface area (Å²) in [5.41, 5.74) is 0. The van der Waals surface area contributed by atoms with E-state index in [0.717, 1.165) is 31.3 Å². The number of ketones is 1. The Bertz CT molecular complexity index is 245. The molecule has 0 radical (unpaired) electrons. The van der Waals surface area contributed by atoms with E-state index in [0.29, 0.717) is 17.6 Å². The second-order valence-corrected chi connectivity index (χ2v) is 5.37. The Morgan fingerprint density at radius 1 is 1.14 bits per heavy atom. The minimum atomic E-state index is 0.361. The summed E-state index contributed by atoms with van der Waals surface area (Å²) >= 11 is 0. The van der Waals surface area contributed by atoms with E-state index in [-0.39, 0.29) is 0 Å². The summed E-state index contributed by atoms with van der Waals surface area (Å²) in [5, 5.41) is 3.30. The van der Waals surface area contributed by atoms with E-state index in [2.05, 4.69) is 5.32 Å². The van der Waals surface area contributed by atoms with Crippen molar-refractivity contribution in [2.45, 2.75) is 32.1 Å². The summed E-state index contributed by atoms with van der Waals surface area (Å²) in [6.07, 6.45) is 6.40. The van der Waals surface area contributed by atoms with Gasteiger partial charge in [-0.25, -0.2) is 0 Å². The molecule has 3 fully saturated rings. The van der Waals surface area contributed by atoms with E-state index < -0.39 is 0 Å². The maximum atomic E-state index is 12.2. The van der Waals surface area contributed by atoms with Crippen LogP contribution in [0.25, 0.3) is 0 Å². The van der Waals surface area contributed by atoms with Crippen molar-refractivity contribution in [3.8, 4) is 0 Å². The van der Waals surface area contributed by atoms with Crippen LogP contribution in [0.5, 0.6) is 0 Å². The maximum absolute atomic E-state index is 12.2. The number of hydrogen-bond donors (Lipinski definition) is 1. The zero-order chi connectivity index (χ0) is 9.54. The molecule has 2 heteroatoms. The summed E-state index contributed by atoms with van der Waals surface area (Å²) < 4.78 is 0. The van der Waals surface area contributed by atoms with Crippen molar-refractivity contribution < 1.29 is 4.79 Å². The molecule has 1 heterocycles. The highest BCUT2D eigenvalue weighted by Gasteiger charge is 2.44. The molecule has 2 bridgehead atoms. The molecule has 3 aliphatic rings. The maximum Gasteiger partial charge on any atom is 0.140 e. The molecule has 14 heavy (non-hydrogen) atoms. The lowest BCUT2D eigenvalue weighted by molar-refractivity contribution is -0.127. The fourth-order valence-corrected chi connectivity index (χ4v) is 3.79. The van der Waals surface area contributed by atoms with Gasteiger partial charge in [0, 0.05) is 18.4 Å². The number of Topliss-reactive ketones (excluding diaryl/α,β-unsaturated/α-hetero) is 1. The highest BCUT2D eigenvalue weighted by Crippen LogP contribution is 2.49. The summed E-state index contributed by atoms with van der Waals surface area (Å²) in [6, 6.07) is 0. The largest absolute Gasteiger partial charge is 0.316 e. The molecule has 2 saturated carbocycles. The van der Waals surface area contributed by atoms with E-state index in [1.54, 1.807) is 0 Å². The van der Waals surface area contributed by atoms with Crippen molar-refractivity contribution in [1.82, 2.24) is 5.32 Å². The third-order valence-corrected chi connectivity index (χ3v) is 4.57. The SMILES string of the molecule is O=C(C1CCNC1)C1CC2CCC1C2. The topological polar surface area (TPSA) is 29.1 Å². The monoisotopic (exact) mass is 193 g/mol. The molecular formula is C12H19NO.